The van der Waals surface area contributed by atoms with Crippen molar-refractivity contribution in [1.29, 1.82) is 0 Å². The molecular formula is C15H23IN4O4S. The van der Waals surface area contributed by atoms with E-state index in [0.29, 0.717) is 24.6 Å². The lowest BCUT2D eigenvalue weighted by atomic mass is 10.2. The van der Waals surface area contributed by atoms with E-state index in [0.717, 1.165) is 5.56 Å². The number of hydrogen-bond donors (Lipinski definition) is 3. The van der Waals surface area contributed by atoms with Crippen LogP contribution in [0.3, 0.4) is 0 Å². The number of hydrogen-bond acceptors (Lipinski definition) is 5. The number of rotatable bonds is 4. The summed E-state index contributed by atoms with van der Waals surface area (Å²) in [5, 5.41) is 8.84. The fraction of sp³-hybridized carbons (Fsp3) is 0.467. The number of nitrogens with one attached hydrogen (secondary N) is 3. The van der Waals surface area contributed by atoms with Crippen molar-refractivity contribution in [2.75, 3.05) is 31.0 Å². The molecule has 1 amide bonds. The summed E-state index contributed by atoms with van der Waals surface area (Å²) in [6.45, 7) is 0.525. The smallest absolute Gasteiger partial charge is 0.411 e. The Labute approximate surface area is 164 Å². The van der Waals surface area contributed by atoms with Gasteiger partial charge >= 0.3 is 6.09 Å². The first-order chi connectivity index (χ1) is 11.4. The van der Waals surface area contributed by atoms with Crippen LogP contribution < -0.4 is 16.0 Å². The molecule has 140 valence electrons. The Kier molecular flexibility index (Phi) is 8.42. The normalized spacial score (nSPS) is 18.8. The second-order valence-corrected chi connectivity index (χ2v) is 7.71. The molecule has 1 unspecified atom stereocenters. The third-order valence-electron chi connectivity index (χ3n) is 3.64. The van der Waals surface area contributed by atoms with Crippen molar-refractivity contribution in [3.05, 3.63) is 29.8 Å². The van der Waals surface area contributed by atoms with Crippen LogP contribution in [-0.4, -0.2) is 52.2 Å². The summed E-state index contributed by atoms with van der Waals surface area (Å²) in [6, 6.07) is 7.17. The zero-order valence-electron chi connectivity index (χ0n) is 14.1. The molecule has 25 heavy (non-hydrogen) atoms. The molecule has 0 aliphatic carbocycles. The number of nitrogens with zero attached hydrogens (tertiary/aromatic N) is 1. The molecule has 0 radical (unpaired) electrons. The van der Waals surface area contributed by atoms with E-state index in [1.807, 2.05) is 12.1 Å². The van der Waals surface area contributed by atoms with Crippen LogP contribution in [0.5, 0.6) is 0 Å². The molecule has 1 aliphatic heterocycles. The number of benzene rings is 1. The third kappa shape index (κ3) is 7.06. The molecule has 1 aromatic carbocycles. The number of aliphatic imine (C=N–C) groups is 1. The minimum Gasteiger partial charge on any atom is -0.453 e. The second kappa shape index (κ2) is 9.80. The number of carbonyl (C=O) groups is 1. The minimum atomic E-state index is -2.92. The van der Waals surface area contributed by atoms with Gasteiger partial charge in [0, 0.05) is 25.3 Å². The lowest BCUT2D eigenvalue weighted by molar-refractivity contribution is 0.187. The maximum absolute atomic E-state index is 11.5. The Morgan fingerprint density at radius 3 is 2.52 bits per heavy atom. The molecule has 2 rings (SSSR count). The summed E-state index contributed by atoms with van der Waals surface area (Å²) in [6.07, 6.45) is 0.0775. The first kappa shape index (κ1) is 21.5. The van der Waals surface area contributed by atoms with Crippen molar-refractivity contribution >= 4 is 51.6 Å². The second-order valence-electron chi connectivity index (χ2n) is 5.48. The van der Waals surface area contributed by atoms with Crippen molar-refractivity contribution in [1.82, 2.24) is 10.6 Å². The largest absolute Gasteiger partial charge is 0.453 e. The van der Waals surface area contributed by atoms with Crippen molar-refractivity contribution < 1.29 is 17.9 Å². The lowest BCUT2D eigenvalue weighted by Gasteiger charge is -2.16. The molecule has 1 fully saturated rings. The number of methoxy groups -OCH3 is 1. The van der Waals surface area contributed by atoms with Gasteiger partial charge in [-0.1, -0.05) is 12.1 Å². The van der Waals surface area contributed by atoms with Crippen LogP contribution in [-0.2, 0) is 21.1 Å². The molecule has 0 spiro atoms. The Bertz CT molecular complexity index is 707. The standard InChI is InChI=1S/C15H22N4O4S.HI/c1-16-14(18-13-7-8-24(21,22)10-13)17-9-11-3-5-12(6-4-11)19-15(20)23-2;/h3-6,13H,7-10H2,1-2H3,(H,19,20)(H2,16,17,18);1H. The number of carbonyl (C=O) groups excluding carboxylic acids is 1. The highest BCUT2D eigenvalue weighted by atomic mass is 127. The topological polar surface area (TPSA) is 109 Å². The van der Waals surface area contributed by atoms with Crippen molar-refractivity contribution in [2.45, 2.75) is 19.0 Å². The maximum Gasteiger partial charge on any atom is 0.411 e. The Balaban J connectivity index is 0.00000312. The number of amides is 1. The number of sulfone groups is 1. The van der Waals surface area contributed by atoms with Crippen LogP contribution >= 0.6 is 24.0 Å². The molecule has 10 heteroatoms. The highest BCUT2D eigenvalue weighted by Crippen LogP contribution is 2.12. The van der Waals surface area contributed by atoms with E-state index >= 15 is 0 Å². The number of anilines is 1. The molecule has 1 aromatic rings. The zero-order valence-corrected chi connectivity index (χ0v) is 17.3. The highest BCUT2D eigenvalue weighted by Gasteiger charge is 2.28. The summed E-state index contributed by atoms with van der Waals surface area (Å²) in [7, 11) is 0.0250. The molecule has 1 saturated heterocycles. The van der Waals surface area contributed by atoms with Crippen LogP contribution in [0.1, 0.15) is 12.0 Å². The van der Waals surface area contributed by atoms with E-state index in [1.54, 1.807) is 19.2 Å². The SMILES string of the molecule is CN=C(NCc1ccc(NC(=O)OC)cc1)NC1CCS(=O)(=O)C1.I. The lowest BCUT2D eigenvalue weighted by Crippen LogP contribution is -2.43. The molecule has 8 nitrogen and oxygen atoms in total. The van der Waals surface area contributed by atoms with Gasteiger partial charge in [0.15, 0.2) is 15.8 Å². The van der Waals surface area contributed by atoms with Crippen LogP contribution in [0.15, 0.2) is 29.3 Å². The summed E-state index contributed by atoms with van der Waals surface area (Å²) < 4.78 is 27.5. The van der Waals surface area contributed by atoms with Gasteiger partial charge in [-0.15, -0.1) is 24.0 Å². The molecule has 0 saturated carbocycles. The average Bonchev–Trinajstić information content (AvgIpc) is 2.91. The third-order valence-corrected chi connectivity index (χ3v) is 5.41. The molecule has 3 N–H and O–H groups in total. The molecule has 1 heterocycles. The number of guanidine groups is 1. The van der Waals surface area contributed by atoms with Gasteiger partial charge in [0.25, 0.3) is 0 Å². The van der Waals surface area contributed by atoms with E-state index in [1.165, 1.54) is 7.11 Å². The van der Waals surface area contributed by atoms with Gasteiger partial charge in [-0.05, 0) is 24.1 Å². The van der Waals surface area contributed by atoms with Gasteiger partial charge < -0.3 is 15.4 Å². The van der Waals surface area contributed by atoms with Crippen molar-refractivity contribution in [3.8, 4) is 0 Å². The summed E-state index contributed by atoms with van der Waals surface area (Å²) >= 11 is 0. The van der Waals surface area contributed by atoms with Crippen LogP contribution in [0, 0.1) is 0 Å². The van der Waals surface area contributed by atoms with Gasteiger partial charge in [-0.25, -0.2) is 13.2 Å². The van der Waals surface area contributed by atoms with Crippen LogP contribution in [0.2, 0.25) is 0 Å². The Morgan fingerprint density at radius 1 is 1.32 bits per heavy atom. The van der Waals surface area contributed by atoms with Crippen molar-refractivity contribution in [3.63, 3.8) is 0 Å². The van der Waals surface area contributed by atoms with E-state index < -0.39 is 15.9 Å². The van der Waals surface area contributed by atoms with Crippen LogP contribution in [0.4, 0.5) is 10.5 Å². The number of halogens is 1. The first-order valence-electron chi connectivity index (χ1n) is 7.53. The molecule has 0 aromatic heterocycles. The van der Waals surface area contributed by atoms with E-state index in [2.05, 4.69) is 25.7 Å². The summed E-state index contributed by atoms with van der Waals surface area (Å²) in [4.78, 5) is 15.2. The van der Waals surface area contributed by atoms with Gasteiger partial charge in [0.05, 0.1) is 18.6 Å². The summed E-state index contributed by atoms with van der Waals surface area (Å²) in [5.74, 6) is 0.923. The maximum atomic E-state index is 11.5. The van der Waals surface area contributed by atoms with Gasteiger partial charge in [0.1, 0.15) is 0 Å². The van der Waals surface area contributed by atoms with Crippen molar-refractivity contribution in [2.24, 2.45) is 4.99 Å². The van der Waals surface area contributed by atoms with Crippen LogP contribution in [0.25, 0.3) is 0 Å². The van der Waals surface area contributed by atoms with Gasteiger partial charge in [0.2, 0.25) is 0 Å². The minimum absolute atomic E-state index is 0. The average molecular weight is 482 g/mol. The molecule has 1 atom stereocenters. The van der Waals surface area contributed by atoms with Gasteiger partial charge in [-0.3, -0.25) is 10.3 Å². The molecule has 0 bridgehead atoms. The predicted molar refractivity (Wildman–Crippen MR) is 108 cm³/mol. The molecule has 1 aliphatic rings. The predicted octanol–water partition coefficient (Wildman–Crippen LogP) is 1.33. The zero-order chi connectivity index (χ0) is 17.6. The molecular weight excluding hydrogens is 459 g/mol. The Morgan fingerprint density at radius 2 is 2.00 bits per heavy atom. The fourth-order valence-electron chi connectivity index (χ4n) is 2.36. The fourth-order valence-corrected chi connectivity index (χ4v) is 4.03. The van der Waals surface area contributed by atoms with E-state index in [4.69, 9.17) is 0 Å². The quantitative estimate of drug-likeness (QED) is 0.340. The number of ether oxygens (including phenoxy) is 1. The first-order valence-corrected chi connectivity index (χ1v) is 9.35. The monoisotopic (exact) mass is 482 g/mol. The highest BCUT2D eigenvalue weighted by molar-refractivity contribution is 14.0. The van der Waals surface area contributed by atoms with E-state index in [-0.39, 0.29) is 41.5 Å². The van der Waals surface area contributed by atoms with Gasteiger partial charge in [-0.2, -0.15) is 0 Å². The van der Waals surface area contributed by atoms with E-state index in [9.17, 15) is 13.2 Å². The Hall–Kier alpha value is -1.56. The summed E-state index contributed by atoms with van der Waals surface area (Å²) in [5.41, 5.74) is 1.64.